The fraction of sp³-hybridized carbons (Fsp3) is 0.261. The van der Waals surface area contributed by atoms with Crippen molar-refractivity contribution < 1.29 is 22.7 Å². The standard InChI is InChI=1S/C23H26N4O5S/c1-15(2)21(27-33(29,30)19-9-6-17(31-4)7-10-19)22(28)26-20-11-8-18(14-16(20)3)32-23-24-12-5-13-25-23/h5-15,21,27H,1-4H3,(H,26,28)/t21-/m0/s1. The van der Waals surface area contributed by atoms with E-state index in [2.05, 4.69) is 20.0 Å². The first-order valence-corrected chi connectivity index (χ1v) is 11.7. The lowest BCUT2D eigenvalue weighted by atomic mass is 10.0. The number of methoxy groups -OCH3 is 1. The smallest absolute Gasteiger partial charge is 0.321 e. The van der Waals surface area contributed by atoms with Gasteiger partial charge in [-0.05, 0) is 66.9 Å². The highest BCUT2D eigenvalue weighted by Crippen LogP contribution is 2.25. The van der Waals surface area contributed by atoms with Crippen molar-refractivity contribution in [3.05, 3.63) is 66.5 Å². The third-order valence-electron chi connectivity index (χ3n) is 4.81. The van der Waals surface area contributed by atoms with Crippen molar-refractivity contribution >= 4 is 21.6 Å². The van der Waals surface area contributed by atoms with E-state index in [1.165, 1.54) is 19.2 Å². The van der Waals surface area contributed by atoms with Gasteiger partial charge in [0.1, 0.15) is 17.5 Å². The van der Waals surface area contributed by atoms with Crippen LogP contribution in [0.1, 0.15) is 19.4 Å². The lowest BCUT2D eigenvalue weighted by Gasteiger charge is -2.22. The predicted octanol–water partition coefficient (Wildman–Crippen LogP) is 3.53. The van der Waals surface area contributed by atoms with Gasteiger partial charge >= 0.3 is 6.01 Å². The molecule has 2 aromatic carbocycles. The zero-order chi connectivity index (χ0) is 24.0. The molecule has 10 heteroatoms. The minimum atomic E-state index is -3.92. The number of sulfonamides is 1. The molecule has 9 nitrogen and oxygen atoms in total. The topological polar surface area (TPSA) is 120 Å². The summed E-state index contributed by atoms with van der Waals surface area (Å²) in [6, 6.07) is 11.9. The van der Waals surface area contributed by atoms with Gasteiger partial charge in [0.05, 0.1) is 12.0 Å². The van der Waals surface area contributed by atoms with Crippen molar-refractivity contribution in [1.82, 2.24) is 14.7 Å². The number of benzene rings is 2. The summed E-state index contributed by atoms with van der Waals surface area (Å²) in [4.78, 5) is 21.0. The van der Waals surface area contributed by atoms with Crippen molar-refractivity contribution in [2.45, 2.75) is 31.7 Å². The van der Waals surface area contributed by atoms with E-state index in [1.54, 1.807) is 69.6 Å². The number of aryl methyl sites for hydroxylation is 1. The molecular weight excluding hydrogens is 444 g/mol. The van der Waals surface area contributed by atoms with Gasteiger partial charge in [-0.15, -0.1) is 0 Å². The Kier molecular flexibility index (Phi) is 7.62. The second-order valence-electron chi connectivity index (χ2n) is 7.62. The Morgan fingerprint density at radius 3 is 2.21 bits per heavy atom. The first-order valence-electron chi connectivity index (χ1n) is 10.2. The van der Waals surface area contributed by atoms with E-state index >= 15 is 0 Å². The number of nitrogens with one attached hydrogen (secondary N) is 2. The van der Waals surface area contributed by atoms with Crippen LogP contribution in [-0.2, 0) is 14.8 Å². The number of nitrogens with zero attached hydrogens (tertiary/aromatic N) is 2. The minimum Gasteiger partial charge on any atom is -0.497 e. The van der Waals surface area contributed by atoms with Gasteiger partial charge in [-0.25, -0.2) is 18.4 Å². The summed E-state index contributed by atoms with van der Waals surface area (Å²) in [5.74, 6) is 0.285. The summed E-state index contributed by atoms with van der Waals surface area (Å²) in [6.45, 7) is 5.34. The quantitative estimate of drug-likeness (QED) is 0.491. The molecule has 0 bridgehead atoms. The van der Waals surface area contributed by atoms with E-state index in [9.17, 15) is 13.2 Å². The molecule has 0 spiro atoms. The van der Waals surface area contributed by atoms with Crippen LogP contribution >= 0.6 is 0 Å². The van der Waals surface area contributed by atoms with Crippen LogP contribution in [0.4, 0.5) is 5.69 Å². The van der Waals surface area contributed by atoms with Crippen LogP contribution in [0.5, 0.6) is 17.5 Å². The van der Waals surface area contributed by atoms with Crippen molar-refractivity contribution in [3.8, 4) is 17.5 Å². The average molecular weight is 471 g/mol. The van der Waals surface area contributed by atoms with Gasteiger partial charge in [-0.2, -0.15) is 4.72 Å². The molecule has 1 amide bonds. The molecule has 33 heavy (non-hydrogen) atoms. The fourth-order valence-electron chi connectivity index (χ4n) is 2.98. The normalized spacial score (nSPS) is 12.3. The SMILES string of the molecule is COc1ccc(S(=O)(=O)N[C@H](C(=O)Nc2ccc(Oc3ncccn3)cc2C)C(C)C)cc1. The molecule has 0 saturated carbocycles. The number of carbonyl (C=O) groups is 1. The summed E-state index contributed by atoms with van der Waals surface area (Å²) in [6.07, 6.45) is 3.14. The van der Waals surface area contributed by atoms with Crippen LogP contribution in [0, 0.1) is 12.8 Å². The van der Waals surface area contributed by atoms with Crippen molar-refractivity contribution in [2.24, 2.45) is 5.92 Å². The lowest BCUT2D eigenvalue weighted by molar-refractivity contribution is -0.118. The highest BCUT2D eigenvalue weighted by Gasteiger charge is 2.28. The maximum Gasteiger partial charge on any atom is 0.321 e. The second-order valence-corrected chi connectivity index (χ2v) is 9.33. The van der Waals surface area contributed by atoms with Gasteiger partial charge in [0.25, 0.3) is 0 Å². The van der Waals surface area contributed by atoms with Crippen LogP contribution in [0.3, 0.4) is 0 Å². The largest absolute Gasteiger partial charge is 0.497 e. The Balaban J connectivity index is 1.73. The molecule has 0 aliphatic rings. The molecule has 174 valence electrons. The highest BCUT2D eigenvalue weighted by atomic mass is 32.2. The number of ether oxygens (including phenoxy) is 2. The first kappa shape index (κ1) is 24.1. The predicted molar refractivity (Wildman–Crippen MR) is 124 cm³/mol. The zero-order valence-electron chi connectivity index (χ0n) is 18.8. The third-order valence-corrected chi connectivity index (χ3v) is 6.26. The zero-order valence-corrected chi connectivity index (χ0v) is 19.6. The average Bonchev–Trinajstić information content (AvgIpc) is 2.80. The Hall–Kier alpha value is -3.50. The summed E-state index contributed by atoms with van der Waals surface area (Å²) in [7, 11) is -2.42. The molecular formula is C23H26N4O5S. The Morgan fingerprint density at radius 1 is 1.00 bits per heavy atom. The molecule has 0 aliphatic heterocycles. The summed E-state index contributed by atoms with van der Waals surface area (Å²) >= 11 is 0. The molecule has 0 fully saturated rings. The van der Waals surface area contributed by atoms with Crippen molar-refractivity contribution in [1.29, 1.82) is 0 Å². The molecule has 1 heterocycles. The number of aromatic nitrogens is 2. The summed E-state index contributed by atoms with van der Waals surface area (Å²) in [5.41, 5.74) is 1.27. The van der Waals surface area contributed by atoms with E-state index in [-0.39, 0.29) is 16.8 Å². The van der Waals surface area contributed by atoms with Gasteiger partial charge in [0.15, 0.2) is 0 Å². The molecule has 0 saturated heterocycles. The van der Waals surface area contributed by atoms with Gasteiger partial charge in [-0.1, -0.05) is 13.8 Å². The van der Waals surface area contributed by atoms with E-state index in [0.717, 1.165) is 5.56 Å². The molecule has 2 N–H and O–H groups in total. The summed E-state index contributed by atoms with van der Waals surface area (Å²) < 4.78 is 38.8. The van der Waals surface area contributed by atoms with Crippen molar-refractivity contribution in [3.63, 3.8) is 0 Å². The number of anilines is 1. The van der Waals surface area contributed by atoms with Crippen LogP contribution in [0.2, 0.25) is 0 Å². The number of amides is 1. The second kappa shape index (κ2) is 10.4. The minimum absolute atomic E-state index is 0.0440. The van der Waals surface area contributed by atoms with Crippen LogP contribution in [-0.4, -0.2) is 37.4 Å². The van der Waals surface area contributed by atoms with Gasteiger partial charge in [0.2, 0.25) is 15.9 Å². The molecule has 1 aromatic heterocycles. The number of rotatable bonds is 9. The van der Waals surface area contributed by atoms with E-state index in [4.69, 9.17) is 9.47 Å². The van der Waals surface area contributed by atoms with Crippen LogP contribution in [0.25, 0.3) is 0 Å². The molecule has 0 unspecified atom stereocenters. The van der Waals surface area contributed by atoms with Crippen LogP contribution < -0.4 is 19.5 Å². The Bertz CT molecular complexity index is 1200. The lowest BCUT2D eigenvalue weighted by Crippen LogP contribution is -2.47. The Labute approximate surface area is 193 Å². The van der Waals surface area contributed by atoms with Crippen LogP contribution in [0.15, 0.2) is 65.8 Å². The van der Waals surface area contributed by atoms with E-state index < -0.39 is 22.0 Å². The van der Waals surface area contributed by atoms with E-state index in [0.29, 0.717) is 17.2 Å². The molecule has 0 radical (unpaired) electrons. The number of hydrogen-bond donors (Lipinski definition) is 2. The van der Waals surface area contributed by atoms with Gasteiger partial charge < -0.3 is 14.8 Å². The first-order chi connectivity index (χ1) is 15.7. The number of carbonyl (C=O) groups excluding carboxylic acids is 1. The fourth-order valence-corrected chi connectivity index (χ4v) is 4.32. The van der Waals surface area contributed by atoms with E-state index in [1.807, 2.05) is 0 Å². The highest BCUT2D eigenvalue weighted by molar-refractivity contribution is 7.89. The maximum absolute atomic E-state index is 13.0. The maximum atomic E-state index is 13.0. The monoisotopic (exact) mass is 470 g/mol. The third kappa shape index (κ3) is 6.27. The Morgan fingerprint density at radius 2 is 1.64 bits per heavy atom. The summed E-state index contributed by atoms with van der Waals surface area (Å²) in [5, 5.41) is 2.80. The number of hydrogen-bond acceptors (Lipinski definition) is 7. The van der Waals surface area contributed by atoms with Gasteiger partial charge in [0, 0.05) is 18.1 Å². The van der Waals surface area contributed by atoms with Gasteiger partial charge in [-0.3, -0.25) is 4.79 Å². The molecule has 1 atom stereocenters. The molecule has 3 aromatic rings. The molecule has 3 rings (SSSR count). The van der Waals surface area contributed by atoms with Crippen molar-refractivity contribution in [2.75, 3.05) is 12.4 Å². The molecule has 0 aliphatic carbocycles.